The number of rotatable bonds is 11. The van der Waals surface area contributed by atoms with E-state index in [2.05, 4.69) is 18.8 Å². The first-order valence-electron chi connectivity index (χ1n) is 9.71. The Bertz CT molecular complexity index is 778. The molecule has 1 N–H and O–H groups in total. The van der Waals surface area contributed by atoms with Crippen LogP contribution in [0.15, 0.2) is 54.4 Å². The SMILES string of the molecule is C=CCN(CC(=O)N(Cc1ccc(F)cc1)Cc1cccs1)C(=O)NCCCC. The molecular weight excluding hydrogens is 389 g/mol. The zero-order chi connectivity index (χ0) is 21.1. The van der Waals surface area contributed by atoms with Crippen LogP contribution in [-0.4, -0.2) is 41.4 Å². The molecule has 0 aliphatic rings. The van der Waals surface area contributed by atoms with Gasteiger partial charge in [0.1, 0.15) is 12.4 Å². The van der Waals surface area contributed by atoms with E-state index in [1.807, 2.05) is 17.5 Å². The summed E-state index contributed by atoms with van der Waals surface area (Å²) in [6.07, 6.45) is 3.47. The van der Waals surface area contributed by atoms with Crippen LogP contribution >= 0.6 is 11.3 Å². The Labute approximate surface area is 175 Å². The zero-order valence-corrected chi connectivity index (χ0v) is 17.6. The Morgan fingerprint density at radius 3 is 2.55 bits per heavy atom. The highest BCUT2D eigenvalue weighted by molar-refractivity contribution is 7.09. The summed E-state index contributed by atoms with van der Waals surface area (Å²) in [7, 11) is 0. The second-order valence-corrected chi connectivity index (χ2v) is 7.74. The maximum Gasteiger partial charge on any atom is 0.318 e. The van der Waals surface area contributed by atoms with E-state index in [-0.39, 0.29) is 30.8 Å². The van der Waals surface area contributed by atoms with Gasteiger partial charge in [-0.25, -0.2) is 9.18 Å². The largest absolute Gasteiger partial charge is 0.338 e. The summed E-state index contributed by atoms with van der Waals surface area (Å²) in [6.45, 7) is 7.33. The number of halogens is 1. The maximum absolute atomic E-state index is 13.2. The van der Waals surface area contributed by atoms with Crippen LogP contribution in [0.2, 0.25) is 0 Å². The molecule has 0 saturated heterocycles. The Morgan fingerprint density at radius 2 is 1.93 bits per heavy atom. The number of benzene rings is 1. The third-order valence-corrected chi connectivity index (χ3v) is 5.20. The molecule has 0 radical (unpaired) electrons. The molecule has 0 aliphatic heterocycles. The molecule has 0 spiro atoms. The van der Waals surface area contributed by atoms with E-state index in [9.17, 15) is 14.0 Å². The highest BCUT2D eigenvalue weighted by Gasteiger charge is 2.21. The van der Waals surface area contributed by atoms with Gasteiger partial charge in [-0.3, -0.25) is 4.79 Å². The number of urea groups is 1. The summed E-state index contributed by atoms with van der Waals surface area (Å²) >= 11 is 1.57. The van der Waals surface area contributed by atoms with Crippen LogP contribution in [0.1, 0.15) is 30.2 Å². The van der Waals surface area contributed by atoms with Crippen LogP contribution in [0.5, 0.6) is 0 Å². The lowest BCUT2D eigenvalue weighted by molar-refractivity contribution is -0.133. The molecule has 2 rings (SSSR count). The van der Waals surface area contributed by atoms with E-state index >= 15 is 0 Å². The average Bonchev–Trinajstić information content (AvgIpc) is 3.22. The number of unbranched alkanes of at least 4 members (excludes halogenated alkanes) is 1. The van der Waals surface area contributed by atoms with Crippen LogP contribution in [0.3, 0.4) is 0 Å². The normalized spacial score (nSPS) is 10.4. The Hall–Kier alpha value is -2.67. The van der Waals surface area contributed by atoms with Crippen molar-refractivity contribution in [3.05, 3.63) is 70.7 Å². The monoisotopic (exact) mass is 417 g/mol. The van der Waals surface area contributed by atoms with Crippen molar-refractivity contribution in [2.75, 3.05) is 19.6 Å². The summed E-state index contributed by atoms with van der Waals surface area (Å²) < 4.78 is 13.2. The Morgan fingerprint density at radius 1 is 1.17 bits per heavy atom. The molecule has 156 valence electrons. The number of nitrogens with one attached hydrogen (secondary N) is 1. The molecule has 29 heavy (non-hydrogen) atoms. The van der Waals surface area contributed by atoms with Crippen molar-refractivity contribution in [2.24, 2.45) is 0 Å². The molecule has 0 unspecified atom stereocenters. The van der Waals surface area contributed by atoms with E-state index in [1.165, 1.54) is 17.0 Å². The standard InChI is InChI=1S/C22H28FN3O2S/c1-3-5-12-24-22(28)25(13-4-2)17-21(27)26(16-20-7-6-14-29-20)15-18-8-10-19(23)11-9-18/h4,6-11,14H,2-3,5,12-13,15-17H2,1H3,(H,24,28). The second kappa shape index (κ2) is 12.0. The zero-order valence-electron chi connectivity index (χ0n) is 16.8. The number of nitrogens with zero attached hydrogens (tertiary/aromatic N) is 2. The smallest absolute Gasteiger partial charge is 0.318 e. The van der Waals surface area contributed by atoms with Crippen molar-refractivity contribution in [1.82, 2.24) is 15.1 Å². The molecule has 0 bridgehead atoms. The number of amides is 3. The fourth-order valence-corrected chi connectivity index (χ4v) is 3.47. The molecule has 7 heteroatoms. The molecule has 0 fully saturated rings. The Kier molecular flexibility index (Phi) is 9.37. The topological polar surface area (TPSA) is 52.7 Å². The molecule has 3 amide bonds. The van der Waals surface area contributed by atoms with Gasteiger partial charge in [0, 0.05) is 24.5 Å². The number of hydrogen-bond acceptors (Lipinski definition) is 3. The lowest BCUT2D eigenvalue weighted by Gasteiger charge is -2.27. The first-order chi connectivity index (χ1) is 14.0. The summed E-state index contributed by atoms with van der Waals surface area (Å²) in [4.78, 5) is 29.7. The number of carbonyl (C=O) groups excluding carboxylic acids is 2. The molecule has 1 heterocycles. The minimum Gasteiger partial charge on any atom is -0.338 e. The number of hydrogen-bond donors (Lipinski definition) is 1. The van der Waals surface area contributed by atoms with Crippen LogP contribution in [-0.2, 0) is 17.9 Å². The molecular formula is C22H28FN3O2S. The number of thiophene rings is 1. The highest BCUT2D eigenvalue weighted by Crippen LogP contribution is 2.15. The number of carbonyl (C=O) groups is 2. The Balaban J connectivity index is 2.09. The molecule has 1 aromatic heterocycles. The van der Waals surface area contributed by atoms with Crippen LogP contribution < -0.4 is 5.32 Å². The van der Waals surface area contributed by atoms with Gasteiger partial charge < -0.3 is 15.1 Å². The lowest BCUT2D eigenvalue weighted by atomic mass is 10.2. The van der Waals surface area contributed by atoms with E-state index in [0.29, 0.717) is 19.6 Å². The molecule has 0 saturated carbocycles. The van der Waals surface area contributed by atoms with Crippen molar-refractivity contribution in [1.29, 1.82) is 0 Å². The molecule has 0 aliphatic carbocycles. The minimum atomic E-state index is -0.314. The maximum atomic E-state index is 13.2. The first-order valence-corrected chi connectivity index (χ1v) is 10.6. The van der Waals surface area contributed by atoms with Crippen molar-refractivity contribution >= 4 is 23.3 Å². The molecule has 0 atom stereocenters. The molecule has 2 aromatic rings. The fraction of sp³-hybridized carbons (Fsp3) is 0.364. The average molecular weight is 418 g/mol. The predicted octanol–water partition coefficient (Wildman–Crippen LogP) is 4.41. The van der Waals surface area contributed by atoms with Gasteiger partial charge in [-0.2, -0.15) is 0 Å². The van der Waals surface area contributed by atoms with Gasteiger partial charge in [-0.05, 0) is 35.6 Å². The highest BCUT2D eigenvalue weighted by atomic mass is 32.1. The van der Waals surface area contributed by atoms with Gasteiger partial charge in [0.15, 0.2) is 0 Å². The van der Waals surface area contributed by atoms with E-state index in [0.717, 1.165) is 23.3 Å². The second-order valence-electron chi connectivity index (χ2n) is 6.71. The van der Waals surface area contributed by atoms with Gasteiger partial charge in [0.2, 0.25) is 5.91 Å². The summed E-state index contributed by atoms with van der Waals surface area (Å²) in [5.41, 5.74) is 0.832. The van der Waals surface area contributed by atoms with E-state index in [1.54, 1.807) is 34.4 Å². The van der Waals surface area contributed by atoms with Gasteiger partial charge >= 0.3 is 6.03 Å². The molecule has 1 aromatic carbocycles. The minimum absolute atomic E-state index is 0.0451. The van der Waals surface area contributed by atoms with Gasteiger partial charge in [0.05, 0.1) is 6.54 Å². The van der Waals surface area contributed by atoms with Crippen molar-refractivity contribution < 1.29 is 14.0 Å². The quantitative estimate of drug-likeness (QED) is 0.435. The molecule has 5 nitrogen and oxygen atoms in total. The third-order valence-electron chi connectivity index (χ3n) is 4.34. The van der Waals surface area contributed by atoms with Crippen LogP contribution in [0.25, 0.3) is 0 Å². The first kappa shape index (κ1) is 22.6. The predicted molar refractivity (Wildman–Crippen MR) is 115 cm³/mol. The fourth-order valence-electron chi connectivity index (χ4n) is 2.76. The van der Waals surface area contributed by atoms with Gasteiger partial charge in [-0.15, -0.1) is 17.9 Å². The summed E-state index contributed by atoms with van der Waals surface area (Å²) in [5.74, 6) is -0.485. The summed E-state index contributed by atoms with van der Waals surface area (Å²) in [5, 5.41) is 4.80. The van der Waals surface area contributed by atoms with Crippen LogP contribution in [0, 0.1) is 5.82 Å². The van der Waals surface area contributed by atoms with Crippen molar-refractivity contribution in [2.45, 2.75) is 32.9 Å². The third kappa shape index (κ3) is 7.69. The van der Waals surface area contributed by atoms with Crippen LogP contribution in [0.4, 0.5) is 9.18 Å². The van der Waals surface area contributed by atoms with Crippen molar-refractivity contribution in [3.8, 4) is 0 Å². The van der Waals surface area contributed by atoms with Gasteiger partial charge in [-0.1, -0.05) is 37.6 Å². The van der Waals surface area contributed by atoms with E-state index in [4.69, 9.17) is 0 Å². The van der Waals surface area contributed by atoms with Crippen molar-refractivity contribution in [3.63, 3.8) is 0 Å². The van der Waals surface area contributed by atoms with E-state index < -0.39 is 0 Å². The van der Waals surface area contributed by atoms with Gasteiger partial charge in [0.25, 0.3) is 0 Å². The summed E-state index contributed by atoms with van der Waals surface area (Å²) in [6, 6.07) is 9.74. The lowest BCUT2D eigenvalue weighted by Crippen LogP contribution is -2.46.